The van der Waals surface area contributed by atoms with Crippen LogP contribution in [0.25, 0.3) is 11.0 Å². The lowest BCUT2D eigenvalue weighted by Gasteiger charge is -2.06. The Bertz CT molecular complexity index is 827. The van der Waals surface area contributed by atoms with Gasteiger partial charge < -0.3 is 14.5 Å². The van der Waals surface area contributed by atoms with Gasteiger partial charge in [-0.05, 0) is 37.3 Å². The lowest BCUT2D eigenvalue weighted by atomic mass is 10.1. The largest absolute Gasteiger partial charge is 0.492 e. The van der Waals surface area contributed by atoms with Gasteiger partial charge in [0.05, 0.1) is 6.54 Å². The molecule has 0 saturated heterocycles. The monoisotopic (exact) mass is 373 g/mol. The van der Waals surface area contributed by atoms with Crippen molar-refractivity contribution in [3.63, 3.8) is 0 Å². The highest BCUT2D eigenvalue weighted by Crippen LogP contribution is 2.27. The van der Waals surface area contributed by atoms with E-state index in [1.807, 2.05) is 55.5 Å². The van der Waals surface area contributed by atoms with E-state index in [9.17, 15) is 4.79 Å². The minimum absolute atomic E-state index is 0.230. The van der Waals surface area contributed by atoms with Gasteiger partial charge in [-0.2, -0.15) is 0 Å². The molecule has 5 heteroatoms. The zero-order valence-electron chi connectivity index (χ0n) is 12.6. The minimum Gasteiger partial charge on any atom is -0.492 e. The number of hydrogen-bond donors (Lipinski definition) is 1. The van der Waals surface area contributed by atoms with E-state index in [1.54, 1.807) is 0 Å². The van der Waals surface area contributed by atoms with E-state index >= 15 is 0 Å². The molecule has 0 aliphatic carbocycles. The molecule has 3 aromatic rings. The number of hydrogen-bond acceptors (Lipinski definition) is 3. The van der Waals surface area contributed by atoms with Crippen molar-refractivity contribution in [2.24, 2.45) is 0 Å². The van der Waals surface area contributed by atoms with Crippen LogP contribution in [0, 0.1) is 6.92 Å². The average Bonchev–Trinajstić information content (AvgIpc) is 2.89. The first-order valence-electron chi connectivity index (χ1n) is 7.30. The highest BCUT2D eigenvalue weighted by molar-refractivity contribution is 9.10. The molecule has 3 rings (SSSR count). The second kappa shape index (κ2) is 6.87. The zero-order chi connectivity index (χ0) is 16.2. The van der Waals surface area contributed by atoms with Gasteiger partial charge in [0.15, 0.2) is 5.76 Å². The van der Waals surface area contributed by atoms with Crippen molar-refractivity contribution in [1.82, 2.24) is 5.32 Å². The number of fused-ring (bicyclic) bond motifs is 1. The van der Waals surface area contributed by atoms with Crippen molar-refractivity contribution < 1.29 is 13.9 Å². The average molecular weight is 374 g/mol. The molecule has 0 saturated carbocycles. The molecule has 0 aliphatic rings. The van der Waals surface area contributed by atoms with Crippen LogP contribution in [0.3, 0.4) is 0 Å². The van der Waals surface area contributed by atoms with Gasteiger partial charge in [0.25, 0.3) is 5.91 Å². The molecule has 1 N–H and O–H groups in total. The maximum Gasteiger partial charge on any atom is 0.287 e. The standard InChI is InChI=1S/C18H16BrNO3/c1-12-15-11-13(19)7-8-16(15)23-17(12)18(21)20-9-10-22-14-5-3-2-4-6-14/h2-8,11H,9-10H2,1H3,(H,20,21). The molecule has 0 unspecified atom stereocenters. The number of benzene rings is 2. The molecule has 4 nitrogen and oxygen atoms in total. The Kier molecular flexibility index (Phi) is 4.67. The summed E-state index contributed by atoms with van der Waals surface area (Å²) in [7, 11) is 0. The van der Waals surface area contributed by atoms with Crippen LogP contribution >= 0.6 is 15.9 Å². The summed E-state index contributed by atoms with van der Waals surface area (Å²) < 4.78 is 12.2. The van der Waals surface area contributed by atoms with Crippen LogP contribution in [-0.2, 0) is 0 Å². The van der Waals surface area contributed by atoms with Crippen molar-refractivity contribution in [1.29, 1.82) is 0 Å². The molecule has 118 valence electrons. The Morgan fingerprint density at radius 2 is 2.00 bits per heavy atom. The van der Waals surface area contributed by atoms with E-state index in [4.69, 9.17) is 9.15 Å². The van der Waals surface area contributed by atoms with Crippen LogP contribution in [0.2, 0.25) is 0 Å². The summed E-state index contributed by atoms with van der Waals surface area (Å²) in [6.45, 7) is 2.70. The summed E-state index contributed by atoms with van der Waals surface area (Å²) in [5.74, 6) is 0.899. The second-order valence-corrected chi connectivity index (χ2v) is 6.03. The van der Waals surface area contributed by atoms with Crippen molar-refractivity contribution in [3.8, 4) is 5.75 Å². The Morgan fingerprint density at radius 1 is 1.22 bits per heavy atom. The summed E-state index contributed by atoms with van der Waals surface area (Å²) in [5.41, 5.74) is 1.54. The van der Waals surface area contributed by atoms with Gasteiger partial charge in [-0.15, -0.1) is 0 Å². The summed E-state index contributed by atoms with van der Waals surface area (Å²) in [5, 5.41) is 3.75. The SMILES string of the molecule is Cc1c(C(=O)NCCOc2ccccc2)oc2ccc(Br)cc12. The van der Waals surface area contributed by atoms with Crippen molar-refractivity contribution in [2.45, 2.75) is 6.92 Å². The minimum atomic E-state index is -0.230. The van der Waals surface area contributed by atoms with Crippen LogP contribution in [0.1, 0.15) is 16.1 Å². The number of aryl methyl sites for hydroxylation is 1. The Balaban J connectivity index is 1.61. The van der Waals surface area contributed by atoms with Gasteiger partial charge in [0.1, 0.15) is 17.9 Å². The number of para-hydroxylation sites is 1. The number of nitrogens with one attached hydrogen (secondary N) is 1. The van der Waals surface area contributed by atoms with Crippen LogP contribution in [0.5, 0.6) is 5.75 Å². The van der Waals surface area contributed by atoms with E-state index < -0.39 is 0 Å². The fraction of sp³-hybridized carbons (Fsp3) is 0.167. The summed E-state index contributed by atoms with van der Waals surface area (Å²) in [6.07, 6.45) is 0. The predicted octanol–water partition coefficient (Wildman–Crippen LogP) is 4.31. The number of carbonyl (C=O) groups excluding carboxylic acids is 1. The van der Waals surface area contributed by atoms with E-state index in [1.165, 1.54) is 0 Å². The third-order valence-corrected chi connectivity index (χ3v) is 4.00. The van der Waals surface area contributed by atoms with Gasteiger partial charge in [0, 0.05) is 15.4 Å². The number of carbonyl (C=O) groups is 1. The first kappa shape index (κ1) is 15.6. The smallest absolute Gasteiger partial charge is 0.287 e. The highest BCUT2D eigenvalue weighted by Gasteiger charge is 2.17. The van der Waals surface area contributed by atoms with Crippen molar-refractivity contribution in [2.75, 3.05) is 13.2 Å². The van der Waals surface area contributed by atoms with E-state index in [0.717, 1.165) is 21.2 Å². The topological polar surface area (TPSA) is 51.5 Å². The molecule has 0 fully saturated rings. The number of furan rings is 1. The second-order valence-electron chi connectivity index (χ2n) is 5.11. The number of rotatable bonds is 5. The lowest BCUT2D eigenvalue weighted by molar-refractivity contribution is 0.0920. The lowest BCUT2D eigenvalue weighted by Crippen LogP contribution is -2.28. The molecule has 0 atom stereocenters. The van der Waals surface area contributed by atoms with E-state index in [2.05, 4.69) is 21.2 Å². The fourth-order valence-corrected chi connectivity index (χ4v) is 2.70. The highest BCUT2D eigenvalue weighted by atomic mass is 79.9. The number of halogens is 1. The van der Waals surface area contributed by atoms with Crippen molar-refractivity contribution >= 4 is 32.8 Å². The van der Waals surface area contributed by atoms with Gasteiger partial charge in [-0.3, -0.25) is 4.79 Å². The third kappa shape index (κ3) is 3.56. The molecular weight excluding hydrogens is 358 g/mol. The summed E-state index contributed by atoms with van der Waals surface area (Å²) in [4.78, 5) is 12.3. The maximum absolute atomic E-state index is 12.3. The van der Waals surface area contributed by atoms with Crippen LogP contribution in [0.15, 0.2) is 57.4 Å². The maximum atomic E-state index is 12.3. The molecule has 1 amide bonds. The molecule has 0 aliphatic heterocycles. The number of ether oxygens (including phenoxy) is 1. The Labute approximate surface area is 142 Å². The first-order valence-corrected chi connectivity index (χ1v) is 8.09. The fourth-order valence-electron chi connectivity index (χ4n) is 2.34. The van der Waals surface area contributed by atoms with Crippen LogP contribution in [-0.4, -0.2) is 19.1 Å². The van der Waals surface area contributed by atoms with Crippen LogP contribution < -0.4 is 10.1 Å². The molecule has 0 bridgehead atoms. The Morgan fingerprint density at radius 3 is 2.78 bits per heavy atom. The van der Waals surface area contributed by atoms with Crippen molar-refractivity contribution in [3.05, 3.63) is 64.3 Å². The third-order valence-electron chi connectivity index (χ3n) is 3.50. The Hall–Kier alpha value is -2.27. The number of amides is 1. The van der Waals surface area contributed by atoms with Gasteiger partial charge >= 0.3 is 0 Å². The molecule has 23 heavy (non-hydrogen) atoms. The first-order chi connectivity index (χ1) is 11.1. The summed E-state index contributed by atoms with van der Waals surface area (Å²) >= 11 is 3.43. The molecule has 0 radical (unpaired) electrons. The molecule has 1 heterocycles. The van der Waals surface area contributed by atoms with E-state index in [-0.39, 0.29) is 5.91 Å². The molecule has 2 aromatic carbocycles. The molecular formula is C18H16BrNO3. The van der Waals surface area contributed by atoms with Gasteiger partial charge in [0.2, 0.25) is 0 Å². The normalized spacial score (nSPS) is 10.7. The van der Waals surface area contributed by atoms with Gasteiger partial charge in [-0.1, -0.05) is 34.1 Å². The zero-order valence-corrected chi connectivity index (χ0v) is 14.2. The summed E-state index contributed by atoms with van der Waals surface area (Å²) in [6, 6.07) is 15.2. The molecule has 1 aromatic heterocycles. The predicted molar refractivity (Wildman–Crippen MR) is 92.9 cm³/mol. The molecule has 0 spiro atoms. The van der Waals surface area contributed by atoms with E-state index in [0.29, 0.717) is 24.5 Å². The van der Waals surface area contributed by atoms with Crippen LogP contribution in [0.4, 0.5) is 0 Å². The van der Waals surface area contributed by atoms with Gasteiger partial charge in [-0.25, -0.2) is 0 Å². The quantitative estimate of drug-likeness (QED) is 0.677.